The Hall–Kier alpha value is -1.97. The minimum atomic E-state index is -3.34. The van der Waals surface area contributed by atoms with Gasteiger partial charge in [0.2, 0.25) is 17.6 Å². The van der Waals surface area contributed by atoms with Crippen LogP contribution >= 0.6 is 11.6 Å². The summed E-state index contributed by atoms with van der Waals surface area (Å²) in [6.07, 6.45) is 2.43. The Kier molecular flexibility index (Phi) is 7.85. The van der Waals surface area contributed by atoms with E-state index in [2.05, 4.69) is 15.0 Å². The summed E-state index contributed by atoms with van der Waals surface area (Å²) in [5, 5.41) is 4.65. The zero-order valence-corrected chi connectivity index (χ0v) is 18.7. The number of nitrogens with zero attached hydrogens (tertiary/aromatic N) is 4. The van der Waals surface area contributed by atoms with Gasteiger partial charge < -0.3 is 9.42 Å². The van der Waals surface area contributed by atoms with Crippen molar-refractivity contribution in [2.75, 3.05) is 37.7 Å². The van der Waals surface area contributed by atoms with Crippen LogP contribution in [-0.4, -0.2) is 72.0 Å². The summed E-state index contributed by atoms with van der Waals surface area (Å²) in [5.41, 5.74) is 0.824. The van der Waals surface area contributed by atoms with E-state index < -0.39 is 15.6 Å². The molecule has 1 saturated heterocycles. The molecule has 0 unspecified atom stereocenters. The van der Waals surface area contributed by atoms with E-state index in [1.165, 1.54) is 0 Å². The zero-order valence-electron chi connectivity index (χ0n) is 17.1. The first-order chi connectivity index (χ1) is 14.4. The Morgan fingerprint density at radius 2 is 1.83 bits per heavy atom. The number of amides is 1. The highest BCUT2D eigenvalue weighted by atomic mass is 35.5. The van der Waals surface area contributed by atoms with Gasteiger partial charge in [-0.2, -0.15) is 4.98 Å². The van der Waals surface area contributed by atoms with Crippen LogP contribution in [0.25, 0.3) is 11.4 Å². The summed E-state index contributed by atoms with van der Waals surface area (Å²) < 4.78 is 29.6. The molecule has 1 aliphatic rings. The lowest BCUT2D eigenvalue weighted by molar-refractivity contribution is -0.130. The van der Waals surface area contributed by atoms with Crippen LogP contribution in [0.5, 0.6) is 0 Å². The molecule has 0 radical (unpaired) electrons. The van der Waals surface area contributed by atoms with Crippen molar-refractivity contribution >= 4 is 27.3 Å². The highest BCUT2D eigenvalue weighted by molar-refractivity contribution is 7.92. The summed E-state index contributed by atoms with van der Waals surface area (Å²) in [6, 6.07) is 7.20. The predicted octanol–water partition coefficient (Wildman–Crippen LogP) is 2.64. The van der Waals surface area contributed by atoms with Crippen molar-refractivity contribution in [3.8, 4) is 11.4 Å². The fourth-order valence-electron chi connectivity index (χ4n) is 3.31. The average Bonchev–Trinajstić information content (AvgIpc) is 3.17. The highest BCUT2D eigenvalue weighted by Crippen LogP contribution is 2.19. The van der Waals surface area contributed by atoms with Crippen molar-refractivity contribution in [3.05, 3.63) is 35.2 Å². The smallest absolute Gasteiger partial charge is 0.241 e. The number of hydrogen-bond donors (Lipinski definition) is 0. The molecule has 1 aromatic carbocycles. The van der Waals surface area contributed by atoms with Gasteiger partial charge in [-0.1, -0.05) is 36.5 Å². The lowest BCUT2D eigenvalue weighted by Gasteiger charge is -2.33. The fraction of sp³-hybridized carbons (Fsp3) is 0.550. The largest absolute Gasteiger partial charge is 0.339 e. The SMILES string of the molecule is CCCCCS(=O)(=O)CC(=O)N1CCN(Cc2nc(-c3ccc(Cl)cc3)no2)CC1. The maximum absolute atomic E-state index is 12.4. The summed E-state index contributed by atoms with van der Waals surface area (Å²) in [5.74, 6) is 0.376. The van der Waals surface area contributed by atoms with E-state index >= 15 is 0 Å². The van der Waals surface area contributed by atoms with Crippen molar-refractivity contribution in [3.63, 3.8) is 0 Å². The highest BCUT2D eigenvalue weighted by Gasteiger charge is 2.26. The normalized spacial score (nSPS) is 15.5. The number of rotatable bonds is 9. The first kappa shape index (κ1) is 22.7. The number of carbonyl (C=O) groups excluding carboxylic acids is 1. The van der Waals surface area contributed by atoms with Crippen LogP contribution in [0.3, 0.4) is 0 Å². The number of aromatic nitrogens is 2. The fourth-order valence-corrected chi connectivity index (χ4v) is 4.78. The molecule has 0 bridgehead atoms. The van der Waals surface area contributed by atoms with Crippen LogP contribution in [0.4, 0.5) is 0 Å². The lowest BCUT2D eigenvalue weighted by atomic mass is 10.2. The van der Waals surface area contributed by atoms with Gasteiger partial charge in [-0.05, 0) is 30.7 Å². The summed E-state index contributed by atoms with van der Waals surface area (Å²) in [6.45, 7) is 4.73. The second-order valence-corrected chi connectivity index (χ2v) is 10.1. The van der Waals surface area contributed by atoms with Crippen LogP contribution in [-0.2, 0) is 21.2 Å². The molecule has 1 aliphatic heterocycles. The van der Waals surface area contributed by atoms with Gasteiger partial charge in [0.25, 0.3) is 0 Å². The van der Waals surface area contributed by atoms with E-state index in [0.29, 0.717) is 55.9 Å². The second kappa shape index (κ2) is 10.4. The first-order valence-electron chi connectivity index (χ1n) is 10.2. The third-order valence-corrected chi connectivity index (χ3v) is 6.91. The summed E-state index contributed by atoms with van der Waals surface area (Å²) in [4.78, 5) is 20.5. The standard InChI is InChI=1S/C20H27ClN4O4S/c1-2-3-4-13-30(27,28)15-19(26)25-11-9-24(10-12-25)14-18-22-20(23-29-18)16-5-7-17(21)8-6-16/h5-8H,2-4,9-15H2,1H3. The molecule has 0 saturated carbocycles. The van der Waals surface area contributed by atoms with Crippen LogP contribution in [0.2, 0.25) is 5.02 Å². The Morgan fingerprint density at radius 3 is 2.50 bits per heavy atom. The van der Waals surface area contributed by atoms with Crippen molar-refractivity contribution in [1.29, 1.82) is 0 Å². The Labute approximate surface area is 182 Å². The molecular formula is C20H27ClN4O4S. The minimum absolute atomic E-state index is 0.0830. The monoisotopic (exact) mass is 454 g/mol. The molecule has 0 N–H and O–H groups in total. The maximum Gasteiger partial charge on any atom is 0.241 e. The third-order valence-electron chi connectivity index (χ3n) is 5.06. The molecule has 2 heterocycles. The van der Waals surface area contributed by atoms with Crippen molar-refractivity contribution in [2.45, 2.75) is 32.7 Å². The van der Waals surface area contributed by atoms with E-state index in [-0.39, 0.29) is 11.7 Å². The van der Waals surface area contributed by atoms with E-state index in [1.807, 2.05) is 19.1 Å². The lowest BCUT2D eigenvalue weighted by Crippen LogP contribution is -2.49. The Morgan fingerprint density at radius 1 is 1.13 bits per heavy atom. The molecule has 2 aromatic rings. The molecule has 0 atom stereocenters. The van der Waals surface area contributed by atoms with Gasteiger partial charge in [0.1, 0.15) is 5.75 Å². The van der Waals surface area contributed by atoms with E-state index in [9.17, 15) is 13.2 Å². The van der Waals surface area contributed by atoms with Crippen molar-refractivity contribution < 1.29 is 17.7 Å². The number of halogens is 1. The van der Waals surface area contributed by atoms with Crippen molar-refractivity contribution in [2.24, 2.45) is 0 Å². The van der Waals surface area contributed by atoms with Gasteiger partial charge in [-0.25, -0.2) is 8.42 Å². The minimum Gasteiger partial charge on any atom is -0.339 e. The van der Waals surface area contributed by atoms with Crippen molar-refractivity contribution in [1.82, 2.24) is 19.9 Å². The predicted molar refractivity (Wildman–Crippen MR) is 115 cm³/mol. The van der Waals surface area contributed by atoms with Gasteiger partial charge in [0, 0.05) is 36.8 Å². The zero-order chi connectivity index (χ0) is 21.6. The van der Waals surface area contributed by atoms with Gasteiger partial charge in [-0.3, -0.25) is 9.69 Å². The molecule has 1 aromatic heterocycles. The maximum atomic E-state index is 12.4. The summed E-state index contributed by atoms with van der Waals surface area (Å²) in [7, 11) is -3.34. The van der Waals surface area contributed by atoms with Gasteiger partial charge in [0.15, 0.2) is 9.84 Å². The molecule has 1 amide bonds. The van der Waals surface area contributed by atoms with Gasteiger partial charge in [0.05, 0.1) is 12.3 Å². The molecule has 1 fully saturated rings. The molecule has 0 aliphatic carbocycles. The molecule has 3 rings (SSSR count). The van der Waals surface area contributed by atoms with Crippen LogP contribution < -0.4 is 0 Å². The van der Waals surface area contributed by atoms with Crippen LogP contribution in [0.1, 0.15) is 32.1 Å². The summed E-state index contributed by atoms with van der Waals surface area (Å²) >= 11 is 5.90. The molecule has 164 valence electrons. The van der Waals surface area contributed by atoms with Gasteiger partial charge >= 0.3 is 0 Å². The second-order valence-electron chi connectivity index (χ2n) is 7.47. The van der Waals surface area contributed by atoms with E-state index in [1.54, 1.807) is 17.0 Å². The number of unbranched alkanes of at least 4 members (excludes halogenated alkanes) is 2. The quantitative estimate of drug-likeness (QED) is 0.537. The number of sulfone groups is 1. The molecule has 10 heteroatoms. The molecule has 8 nitrogen and oxygen atoms in total. The van der Waals surface area contributed by atoms with Crippen LogP contribution in [0, 0.1) is 0 Å². The molecule has 0 spiro atoms. The Balaban J connectivity index is 1.46. The number of hydrogen-bond acceptors (Lipinski definition) is 7. The molecular weight excluding hydrogens is 428 g/mol. The first-order valence-corrected chi connectivity index (χ1v) is 12.4. The number of carbonyl (C=O) groups is 1. The van der Waals surface area contributed by atoms with E-state index in [4.69, 9.17) is 16.1 Å². The Bertz CT molecular complexity index is 938. The number of piperazine rings is 1. The van der Waals surface area contributed by atoms with Crippen LogP contribution in [0.15, 0.2) is 28.8 Å². The average molecular weight is 455 g/mol. The van der Waals surface area contributed by atoms with Gasteiger partial charge in [-0.15, -0.1) is 0 Å². The molecule has 30 heavy (non-hydrogen) atoms. The topological polar surface area (TPSA) is 96.6 Å². The van der Waals surface area contributed by atoms with E-state index in [0.717, 1.165) is 18.4 Å². The number of benzene rings is 1. The third kappa shape index (κ3) is 6.52.